The first kappa shape index (κ1) is 24.3. The van der Waals surface area contributed by atoms with Crippen molar-refractivity contribution in [2.45, 2.75) is 56.8 Å². The molecule has 36 heavy (non-hydrogen) atoms. The van der Waals surface area contributed by atoms with Gasteiger partial charge in [-0.3, -0.25) is 4.79 Å². The van der Waals surface area contributed by atoms with Crippen molar-refractivity contribution in [3.8, 4) is 11.1 Å². The van der Waals surface area contributed by atoms with E-state index in [0.717, 1.165) is 17.5 Å². The first-order valence-electron chi connectivity index (χ1n) is 12.8. The van der Waals surface area contributed by atoms with Crippen molar-refractivity contribution < 1.29 is 24.2 Å². The lowest BCUT2D eigenvalue weighted by atomic mass is 9.86. The van der Waals surface area contributed by atoms with E-state index in [4.69, 9.17) is 9.47 Å². The van der Waals surface area contributed by atoms with Gasteiger partial charge < -0.3 is 14.6 Å². The highest BCUT2D eigenvalue weighted by Crippen LogP contribution is 2.45. The number of aliphatic hydroxyl groups excluding tert-OH is 1. The second-order valence-electron chi connectivity index (χ2n) is 9.94. The van der Waals surface area contributed by atoms with Gasteiger partial charge in [0.15, 0.2) is 0 Å². The molecule has 2 fully saturated rings. The van der Waals surface area contributed by atoms with Crippen molar-refractivity contribution in [1.29, 1.82) is 0 Å². The van der Waals surface area contributed by atoms with Gasteiger partial charge in [-0.25, -0.2) is 4.79 Å². The third-order valence-electron chi connectivity index (χ3n) is 7.58. The Hall–Kier alpha value is -3.44. The highest BCUT2D eigenvalue weighted by molar-refractivity contribution is 5.90. The molecule has 1 saturated heterocycles. The van der Waals surface area contributed by atoms with Gasteiger partial charge in [-0.05, 0) is 54.5 Å². The summed E-state index contributed by atoms with van der Waals surface area (Å²) in [6, 6.07) is 27.6. The van der Waals surface area contributed by atoms with Gasteiger partial charge in [0.1, 0.15) is 12.2 Å². The average molecular weight is 485 g/mol. The first-order chi connectivity index (χ1) is 17.6. The minimum absolute atomic E-state index is 0.000340. The van der Waals surface area contributed by atoms with Crippen LogP contribution in [0.3, 0.4) is 0 Å². The molecule has 5 heteroatoms. The highest BCUT2D eigenvalue weighted by atomic mass is 16.6. The lowest BCUT2D eigenvalue weighted by Crippen LogP contribution is -2.27. The van der Waals surface area contributed by atoms with E-state index in [0.29, 0.717) is 37.7 Å². The molecule has 5 nitrogen and oxygen atoms in total. The number of carbonyl (C=O) groups is 2. The second kappa shape index (κ2) is 11.1. The maximum Gasteiger partial charge on any atom is 0.338 e. The summed E-state index contributed by atoms with van der Waals surface area (Å²) in [4.78, 5) is 24.9. The molecule has 0 radical (unpaired) electrons. The third kappa shape index (κ3) is 5.68. The van der Waals surface area contributed by atoms with Gasteiger partial charge in [-0.1, -0.05) is 72.8 Å². The third-order valence-corrected chi connectivity index (χ3v) is 7.58. The quantitative estimate of drug-likeness (QED) is 0.400. The Labute approximate surface area is 212 Å². The number of benzene rings is 3. The Morgan fingerprint density at radius 1 is 0.917 bits per heavy atom. The van der Waals surface area contributed by atoms with E-state index in [-0.39, 0.29) is 36.0 Å². The van der Waals surface area contributed by atoms with Crippen LogP contribution >= 0.6 is 0 Å². The lowest BCUT2D eigenvalue weighted by molar-refractivity contribution is -0.141. The van der Waals surface area contributed by atoms with Gasteiger partial charge in [0, 0.05) is 18.3 Å². The van der Waals surface area contributed by atoms with Crippen LogP contribution in [0.4, 0.5) is 0 Å². The van der Waals surface area contributed by atoms with E-state index < -0.39 is 6.10 Å². The zero-order valence-electron chi connectivity index (χ0n) is 20.3. The molecule has 0 bridgehead atoms. The summed E-state index contributed by atoms with van der Waals surface area (Å²) >= 11 is 0. The zero-order valence-corrected chi connectivity index (χ0v) is 20.3. The van der Waals surface area contributed by atoms with Gasteiger partial charge in [0.2, 0.25) is 0 Å². The largest absolute Gasteiger partial charge is 0.462 e. The van der Waals surface area contributed by atoms with Crippen LogP contribution in [0.1, 0.15) is 48.0 Å². The number of aliphatic hydroxyl groups is 1. The normalized spacial score (nSPS) is 23.6. The van der Waals surface area contributed by atoms with Crippen LogP contribution in [0.25, 0.3) is 11.1 Å². The van der Waals surface area contributed by atoms with E-state index >= 15 is 0 Å². The molecule has 2 aliphatic rings. The molecule has 0 spiro atoms. The van der Waals surface area contributed by atoms with Crippen molar-refractivity contribution in [3.05, 3.63) is 96.1 Å². The van der Waals surface area contributed by atoms with Crippen LogP contribution in [-0.2, 0) is 20.7 Å². The van der Waals surface area contributed by atoms with Gasteiger partial charge in [-0.2, -0.15) is 0 Å². The lowest BCUT2D eigenvalue weighted by Gasteiger charge is -2.24. The molecule has 1 aliphatic carbocycles. The predicted octanol–water partition coefficient (Wildman–Crippen LogP) is 5.60. The molecular weight excluding hydrogens is 452 g/mol. The Morgan fingerprint density at radius 3 is 2.31 bits per heavy atom. The SMILES string of the molecule is O=C1C[C@@H]2[C@@H](CC[C@@H](O)CCc3ccccc3)[C@H](OC(=O)c3ccc(-c4ccccc4)cc3)C[C@@H]2O1. The molecule has 1 aliphatic heterocycles. The molecule has 5 rings (SSSR count). The standard InChI is InChI=1S/C31H32O5/c32-25(16-11-21-7-3-1-4-8-21)17-18-26-27-19-30(33)35-29(27)20-28(26)36-31(34)24-14-12-23(13-15-24)22-9-5-2-6-10-22/h1-10,12-15,25-29,32H,11,16-20H2/t25-,26+,27+,28+,29-/m0/s1. The monoisotopic (exact) mass is 484 g/mol. The van der Waals surface area contributed by atoms with E-state index in [1.54, 1.807) is 12.1 Å². The van der Waals surface area contributed by atoms with Crippen molar-refractivity contribution in [2.24, 2.45) is 11.8 Å². The summed E-state index contributed by atoms with van der Waals surface area (Å²) in [7, 11) is 0. The topological polar surface area (TPSA) is 72.8 Å². The fraction of sp³-hybridized carbons (Fsp3) is 0.355. The Morgan fingerprint density at radius 2 is 1.58 bits per heavy atom. The minimum atomic E-state index is -0.441. The number of carbonyl (C=O) groups excluding carboxylic acids is 2. The number of fused-ring (bicyclic) bond motifs is 1. The predicted molar refractivity (Wildman–Crippen MR) is 137 cm³/mol. The molecule has 1 N–H and O–H groups in total. The van der Waals surface area contributed by atoms with Crippen molar-refractivity contribution in [3.63, 3.8) is 0 Å². The summed E-state index contributed by atoms with van der Waals surface area (Å²) in [5.41, 5.74) is 3.84. The Kier molecular flexibility index (Phi) is 7.47. The summed E-state index contributed by atoms with van der Waals surface area (Å²) in [5, 5.41) is 10.6. The second-order valence-corrected chi connectivity index (χ2v) is 9.94. The molecule has 3 aromatic carbocycles. The van der Waals surface area contributed by atoms with Crippen molar-refractivity contribution in [1.82, 2.24) is 0 Å². The first-order valence-corrected chi connectivity index (χ1v) is 12.8. The Bertz CT molecular complexity index is 1160. The number of aryl methyl sites for hydroxylation is 1. The molecular formula is C31H32O5. The van der Waals surface area contributed by atoms with Crippen LogP contribution in [-0.4, -0.2) is 35.4 Å². The smallest absolute Gasteiger partial charge is 0.338 e. The maximum absolute atomic E-state index is 13.0. The number of ether oxygens (including phenoxy) is 2. The van der Waals surface area contributed by atoms with Crippen molar-refractivity contribution >= 4 is 11.9 Å². The van der Waals surface area contributed by atoms with Gasteiger partial charge in [-0.15, -0.1) is 0 Å². The minimum Gasteiger partial charge on any atom is -0.462 e. The van der Waals surface area contributed by atoms with E-state index in [1.165, 1.54) is 5.56 Å². The Balaban J connectivity index is 1.20. The van der Waals surface area contributed by atoms with Crippen molar-refractivity contribution in [2.75, 3.05) is 0 Å². The van der Waals surface area contributed by atoms with E-state index in [1.807, 2.05) is 60.7 Å². The highest BCUT2D eigenvalue weighted by Gasteiger charge is 2.51. The van der Waals surface area contributed by atoms with Crippen LogP contribution in [0.15, 0.2) is 84.9 Å². The van der Waals surface area contributed by atoms with E-state index in [9.17, 15) is 14.7 Å². The van der Waals surface area contributed by atoms with Gasteiger partial charge in [0.05, 0.1) is 18.1 Å². The summed E-state index contributed by atoms with van der Waals surface area (Å²) in [6.07, 6.45) is 2.70. The number of hydrogen-bond donors (Lipinski definition) is 1. The number of hydrogen-bond acceptors (Lipinski definition) is 5. The zero-order chi connectivity index (χ0) is 24.9. The van der Waals surface area contributed by atoms with Crippen LogP contribution < -0.4 is 0 Å². The summed E-state index contributed by atoms with van der Waals surface area (Å²) in [6.45, 7) is 0. The number of esters is 2. The van der Waals surface area contributed by atoms with Crippen LogP contribution in [0.5, 0.6) is 0 Å². The molecule has 1 saturated carbocycles. The van der Waals surface area contributed by atoms with E-state index in [2.05, 4.69) is 12.1 Å². The summed E-state index contributed by atoms with van der Waals surface area (Å²) in [5.74, 6) is -0.501. The summed E-state index contributed by atoms with van der Waals surface area (Å²) < 4.78 is 11.5. The molecule has 0 aromatic heterocycles. The van der Waals surface area contributed by atoms with Gasteiger partial charge in [0.25, 0.3) is 0 Å². The number of rotatable bonds is 9. The fourth-order valence-corrected chi connectivity index (χ4v) is 5.64. The van der Waals surface area contributed by atoms with Crippen LogP contribution in [0, 0.1) is 11.8 Å². The molecule has 0 amide bonds. The molecule has 1 heterocycles. The molecule has 186 valence electrons. The molecule has 0 unspecified atom stereocenters. The average Bonchev–Trinajstić information content (AvgIpc) is 3.42. The fourth-order valence-electron chi connectivity index (χ4n) is 5.64. The van der Waals surface area contributed by atoms with Gasteiger partial charge >= 0.3 is 11.9 Å². The molecule has 3 aromatic rings. The van der Waals surface area contributed by atoms with Crippen LogP contribution in [0.2, 0.25) is 0 Å². The molecule has 5 atom stereocenters. The maximum atomic E-state index is 13.0.